The maximum atomic E-state index is 6.21. The smallest absolute Gasteiger partial charge is 0.150 e. The molecule has 0 spiro atoms. The second kappa shape index (κ2) is 7.81. The molecule has 160 valence electrons. The number of nitrogens with two attached hydrogens (primary N) is 2. The van der Waals surface area contributed by atoms with Gasteiger partial charge in [-0.3, -0.25) is 14.5 Å². The molecule has 5 rings (SSSR count). The summed E-state index contributed by atoms with van der Waals surface area (Å²) in [5.41, 5.74) is 17.2. The molecule has 0 amide bonds. The maximum absolute atomic E-state index is 6.21. The van der Waals surface area contributed by atoms with E-state index >= 15 is 0 Å². The number of rotatable bonds is 5. The molecule has 0 atom stereocenters. The lowest BCUT2D eigenvalue weighted by Gasteiger charge is -2.12. The normalized spacial score (nSPS) is 11.5. The topological polar surface area (TPSA) is 118 Å². The Balaban J connectivity index is 1.40. The van der Waals surface area contributed by atoms with Crippen LogP contribution in [0.15, 0.2) is 61.3 Å². The van der Waals surface area contributed by atoms with Gasteiger partial charge < -0.3 is 16.2 Å². The summed E-state index contributed by atoms with van der Waals surface area (Å²) in [7, 11) is 0. The van der Waals surface area contributed by atoms with E-state index < -0.39 is 0 Å². The van der Waals surface area contributed by atoms with E-state index in [-0.39, 0.29) is 0 Å². The van der Waals surface area contributed by atoms with E-state index in [9.17, 15) is 0 Å². The van der Waals surface area contributed by atoms with Gasteiger partial charge in [0, 0.05) is 40.8 Å². The number of fused-ring (bicyclic) bond motifs is 2. The summed E-state index contributed by atoms with van der Waals surface area (Å²) in [6, 6.07) is 11.6. The van der Waals surface area contributed by atoms with Gasteiger partial charge in [0.25, 0.3) is 0 Å². The van der Waals surface area contributed by atoms with Gasteiger partial charge >= 0.3 is 0 Å². The fourth-order valence-electron chi connectivity index (χ4n) is 3.67. The highest BCUT2D eigenvalue weighted by Gasteiger charge is 2.10. The van der Waals surface area contributed by atoms with Crippen molar-refractivity contribution in [1.29, 1.82) is 0 Å². The lowest BCUT2D eigenvalue weighted by atomic mass is 10.1. The number of nitrogens with zero attached hydrogens (tertiary/aromatic N) is 5. The highest BCUT2D eigenvalue weighted by Crippen LogP contribution is 2.28. The third-order valence-electron chi connectivity index (χ3n) is 5.40. The minimum atomic E-state index is 0.297. The highest BCUT2D eigenvalue weighted by molar-refractivity contribution is 5.91. The average molecular weight is 425 g/mol. The van der Waals surface area contributed by atoms with Gasteiger partial charge in [-0.15, -0.1) is 0 Å². The first-order chi connectivity index (χ1) is 15.5. The molecule has 5 aromatic rings. The fourth-order valence-corrected chi connectivity index (χ4v) is 3.67. The van der Waals surface area contributed by atoms with Crippen molar-refractivity contribution in [3.05, 3.63) is 72.6 Å². The van der Waals surface area contributed by atoms with Crippen LogP contribution in [0, 0.1) is 0 Å². The second-order valence-electron chi connectivity index (χ2n) is 7.99. The summed E-state index contributed by atoms with van der Waals surface area (Å²) in [5.74, 6) is 1.47. The monoisotopic (exact) mass is 425 g/mol. The first-order valence-corrected chi connectivity index (χ1v) is 10.3. The highest BCUT2D eigenvalue weighted by atomic mass is 16.5. The number of hydrogen-bond acceptors (Lipinski definition) is 7. The molecule has 0 saturated carbocycles. The van der Waals surface area contributed by atoms with Gasteiger partial charge in [0.15, 0.2) is 0 Å². The van der Waals surface area contributed by atoms with Crippen molar-refractivity contribution < 1.29 is 4.74 Å². The molecule has 0 fully saturated rings. The average Bonchev–Trinajstić information content (AvgIpc) is 3.23. The van der Waals surface area contributed by atoms with Gasteiger partial charge in [0.1, 0.15) is 30.1 Å². The van der Waals surface area contributed by atoms with Gasteiger partial charge in [0.05, 0.1) is 22.8 Å². The Kier molecular flexibility index (Phi) is 4.82. The van der Waals surface area contributed by atoms with Crippen LogP contribution in [0.3, 0.4) is 0 Å². The van der Waals surface area contributed by atoms with E-state index in [1.807, 2.05) is 47.2 Å². The molecule has 0 radical (unpaired) electrons. The first kappa shape index (κ1) is 19.7. The van der Waals surface area contributed by atoms with Crippen LogP contribution in [0.1, 0.15) is 31.0 Å². The molecular weight excluding hydrogens is 402 g/mol. The minimum absolute atomic E-state index is 0.297. The van der Waals surface area contributed by atoms with Crippen LogP contribution in [0.4, 0.5) is 11.5 Å². The molecule has 4 N–H and O–H groups in total. The second-order valence-corrected chi connectivity index (χ2v) is 7.99. The van der Waals surface area contributed by atoms with E-state index in [1.165, 1.54) is 6.33 Å². The predicted molar refractivity (Wildman–Crippen MR) is 126 cm³/mol. The Bertz CT molecular complexity index is 1440. The van der Waals surface area contributed by atoms with Gasteiger partial charge in [-0.25, -0.2) is 9.97 Å². The van der Waals surface area contributed by atoms with Gasteiger partial charge in [0.2, 0.25) is 0 Å². The molecule has 8 nitrogen and oxygen atoms in total. The van der Waals surface area contributed by atoms with Crippen LogP contribution < -0.4 is 16.2 Å². The standard InChI is InChI=1S/C24H23N7O/c1-14(2)21-9-20(25)18-4-3-17(8-22(18)30-21)32-12-15-7-16(11-27-10-15)31-6-5-19-23(26)28-13-29-24(19)31/h3-11,13-14H,12H2,1-2H3,(H2,25,30)(H2,26,28,29). The van der Waals surface area contributed by atoms with Crippen molar-refractivity contribution in [1.82, 2.24) is 24.5 Å². The van der Waals surface area contributed by atoms with Gasteiger partial charge in [-0.2, -0.15) is 0 Å². The molecule has 4 heterocycles. The Morgan fingerprint density at radius 2 is 1.88 bits per heavy atom. The fraction of sp³-hybridized carbons (Fsp3) is 0.167. The van der Waals surface area contributed by atoms with Crippen molar-refractivity contribution >= 4 is 33.4 Å². The van der Waals surface area contributed by atoms with Crippen molar-refractivity contribution in [2.45, 2.75) is 26.4 Å². The maximum Gasteiger partial charge on any atom is 0.150 e. The molecule has 0 aliphatic carbocycles. The van der Waals surface area contributed by atoms with E-state index in [0.717, 1.165) is 50.3 Å². The van der Waals surface area contributed by atoms with Crippen molar-refractivity contribution in [2.75, 3.05) is 11.5 Å². The van der Waals surface area contributed by atoms with Crippen LogP contribution in [0.25, 0.3) is 27.6 Å². The molecule has 0 saturated heterocycles. The lowest BCUT2D eigenvalue weighted by molar-refractivity contribution is 0.306. The molecule has 8 heteroatoms. The van der Waals surface area contributed by atoms with Gasteiger partial charge in [-0.1, -0.05) is 13.8 Å². The molecule has 32 heavy (non-hydrogen) atoms. The van der Waals surface area contributed by atoms with E-state index in [4.69, 9.17) is 21.2 Å². The number of nitrogen functional groups attached to an aromatic ring is 2. The summed E-state index contributed by atoms with van der Waals surface area (Å²) >= 11 is 0. The van der Waals surface area contributed by atoms with Crippen LogP contribution >= 0.6 is 0 Å². The van der Waals surface area contributed by atoms with Crippen LogP contribution in [0.2, 0.25) is 0 Å². The number of hydrogen-bond donors (Lipinski definition) is 2. The molecule has 0 bridgehead atoms. The summed E-state index contributed by atoms with van der Waals surface area (Å²) < 4.78 is 7.97. The summed E-state index contributed by atoms with van der Waals surface area (Å²) in [6.45, 7) is 4.56. The molecule has 1 aromatic carbocycles. The molecular formula is C24H23N7O. The van der Waals surface area contributed by atoms with Crippen molar-refractivity contribution in [3.63, 3.8) is 0 Å². The Labute approximate surface area is 184 Å². The largest absolute Gasteiger partial charge is 0.489 e. The third-order valence-corrected chi connectivity index (χ3v) is 5.40. The molecule has 4 aromatic heterocycles. The summed E-state index contributed by atoms with van der Waals surface area (Å²) in [6.07, 6.45) is 6.92. The third kappa shape index (κ3) is 3.56. The van der Waals surface area contributed by atoms with E-state index in [2.05, 4.69) is 28.8 Å². The van der Waals surface area contributed by atoms with Crippen LogP contribution in [-0.2, 0) is 6.61 Å². The SMILES string of the molecule is CC(C)c1cc(N)c2ccc(OCc3cncc(-n4ccc5c(N)ncnc54)c3)cc2n1. The molecule has 0 unspecified atom stereocenters. The summed E-state index contributed by atoms with van der Waals surface area (Å²) in [4.78, 5) is 17.5. The zero-order chi connectivity index (χ0) is 22.2. The lowest BCUT2D eigenvalue weighted by Crippen LogP contribution is -2.01. The Morgan fingerprint density at radius 1 is 1.00 bits per heavy atom. The minimum Gasteiger partial charge on any atom is -0.489 e. The van der Waals surface area contributed by atoms with Crippen LogP contribution in [0.5, 0.6) is 5.75 Å². The quantitative estimate of drug-likeness (QED) is 0.432. The Hall–Kier alpha value is -4.20. The number of benzene rings is 1. The predicted octanol–water partition coefficient (Wildman–Crippen LogP) is 4.23. The first-order valence-electron chi connectivity index (χ1n) is 10.3. The number of aromatic nitrogens is 5. The van der Waals surface area contributed by atoms with E-state index in [1.54, 1.807) is 12.4 Å². The Morgan fingerprint density at radius 3 is 2.72 bits per heavy atom. The number of ether oxygens (including phenoxy) is 1. The van der Waals surface area contributed by atoms with Crippen molar-refractivity contribution in [2.24, 2.45) is 0 Å². The van der Waals surface area contributed by atoms with Crippen molar-refractivity contribution in [3.8, 4) is 11.4 Å². The molecule has 0 aliphatic heterocycles. The number of anilines is 2. The zero-order valence-electron chi connectivity index (χ0n) is 17.9. The zero-order valence-corrected chi connectivity index (χ0v) is 17.9. The summed E-state index contributed by atoms with van der Waals surface area (Å²) in [5, 5.41) is 1.73. The van der Waals surface area contributed by atoms with Gasteiger partial charge in [-0.05, 0) is 36.2 Å². The molecule has 0 aliphatic rings. The van der Waals surface area contributed by atoms with Crippen LogP contribution in [-0.4, -0.2) is 24.5 Å². The number of pyridine rings is 2. The van der Waals surface area contributed by atoms with E-state index in [0.29, 0.717) is 18.3 Å².